The fourth-order valence-electron chi connectivity index (χ4n) is 1.56. The summed E-state index contributed by atoms with van der Waals surface area (Å²) in [5.74, 6) is 5.13. The zero-order valence-electron chi connectivity index (χ0n) is 12.2. The van der Waals surface area contributed by atoms with Crippen LogP contribution in [0.25, 0.3) is 0 Å². The Hall–Kier alpha value is -2.19. The average Bonchev–Trinajstić information content (AvgIpc) is 2.45. The number of hydrogen-bond acceptors (Lipinski definition) is 6. The molecule has 0 saturated heterocycles. The van der Waals surface area contributed by atoms with E-state index in [1.807, 2.05) is 13.8 Å². The molecule has 0 spiro atoms. The number of nitrogens with one attached hydrogen (secondary N) is 2. The molecule has 0 fully saturated rings. The number of rotatable bonds is 8. The largest absolute Gasteiger partial charge is 0.370 e. The van der Waals surface area contributed by atoms with Gasteiger partial charge in [-0.2, -0.15) is 0 Å². The first-order valence-electron chi connectivity index (χ1n) is 6.57. The molecule has 1 aromatic rings. The van der Waals surface area contributed by atoms with E-state index in [2.05, 4.69) is 15.7 Å². The second kappa shape index (κ2) is 8.18. The summed E-state index contributed by atoms with van der Waals surface area (Å²) in [6.45, 7) is 4.27. The van der Waals surface area contributed by atoms with Crippen LogP contribution in [0.5, 0.6) is 0 Å². The van der Waals surface area contributed by atoms with Crippen molar-refractivity contribution in [1.29, 1.82) is 0 Å². The molecule has 2 amide bonds. The van der Waals surface area contributed by atoms with Gasteiger partial charge in [0.1, 0.15) is 12.4 Å². The molecule has 8 heteroatoms. The van der Waals surface area contributed by atoms with Gasteiger partial charge in [-0.05, 0) is 18.1 Å². The Morgan fingerprint density at radius 3 is 2.67 bits per heavy atom. The number of carbonyl (C=O) groups excluding carboxylic acids is 2. The third-order valence-corrected chi connectivity index (χ3v) is 2.62. The summed E-state index contributed by atoms with van der Waals surface area (Å²) in [6, 6.07) is 3.27. The van der Waals surface area contributed by atoms with Gasteiger partial charge < -0.3 is 21.2 Å². The van der Waals surface area contributed by atoms with Crippen LogP contribution in [-0.2, 0) is 9.53 Å². The van der Waals surface area contributed by atoms with Gasteiger partial charge in [0.2, 0.25) is 5.91 Å². The molecule has 21 heavy (non-hydrogen) atoms. The third-order valence-electron chi connectivity index (χ3n) is 2.62. The fourth-order valence-corrected chi connectivity index (χ4v) is 1.56. The number of amides is 2. The van der Waals surface area contributed by atoms with Crippen molar-refractivity contribution >= 4 is 17.6 Å². The summed E-state index contributed by atoms with van der Waals surface area (Å²) in [5, 5.41) is 2.68. The van der Waals surface area contributed by atoms with Gasteiger partial charge in [-0.3, -0.25) is 9.59 Å². The molecule has 0 aliphatic carbocycles. The minimum atomic E-state index is -0.546. The number of primary amides is 1. The molecule has 1 aromatic heterocycles. The maximum Gasteiger partial charge on any atom is 0.251 e. The highest BCUT2D eigenvalue weighted by Gasteiger charge is 2.11. The number of anilines is 1. The minimum Gasteiger partial charge on any atom is -0.370 e. The summed E-state index contributed by atoms with van der Waals surface area (Å²) >= 11 is 0. The highest BCUT2D eigenvalue weighted by atomic mass is 16.5. The average molecular weight is 295 g/mol. The van der Waals surface area contributed by atoms with E-state index in [1.165, 1.54) is 0 Å². The Morgan fingerprint density at radius 1 is 1.38 bits per heavy atom. The lowest BCUT2D eigenvalue weighted by atomic mass is 10.1. The Kier molecular flexibility index (Phi) is 6.57. The lowest BCUT2D eigenvalue weighted by molar-refractivity contribution is -0.122. The second-order valence-corrected chi connectivity index (χ2v) is 4.74. The molecule has 0 aliphatic rings. The van der Waals surface area contributed by atoms with Crippen molar-refractivity contribution < 1.29 is 14.3 Å². The topological polar surface area (TPSA) is 132 Å². The molecule has 0 aromatic carbocycles. The van der Waals surface area contributed by atoms with Crippen LogP contribution in [-0.4, -0.2) is 36.6 Å². The molecule has 0 bridgehead atoms. The Bertz CT molecular complexity index is 505. The maximum absolute atomic E-state index is 12.0. The molecule has 0 unspecified atom stereocenters. The van der Waals surface area contributed by atoms with Crippen molar-refractivity contribution in [1.82, 2.24) is 10.3 Å². The first-order chi connectivity index (χ1) is 9.93. The van der Waals surface area contributed by atoms with E-state index < -0.39 is 5.91 Å². The molecule has 1 heterocycles. The summed E-state index contributed by atoms with van der Waals surface area (Å²) in [6.07, 6.45) is 0. The summed E-state index contributed by atoms with van der Waals surface area (Å²) in [7, 11) is 0. The number of hydrogen-bond donors (Lipinski definition) is 4. The van der Waals surface area contributed by atoms with Crippen molar-refractivity contribution in [3.05, 3.63) is 23.4 Å². The van der Waals surface area contributed by atoms with Crippen molar-refractivity contribution in [3.63, 3.8) is 0 Å². The molecular formula is C13H21N5O3. The van der Waals surface area contributed by atoms with Crippen LogP contribution in [0.2, 0.25) is 0 Å². The predicted molar refractivity (Wildman–Crippen MR) is 78.5 cm³/mol. The SMILES string of the molecule is CC(C)c1cc(C(=O)NCCOCC(N)=O)cc(NN)n1. The van der Waals surface area contributed by atoms with Crippen LogP contribution in [0, 0.1) is 0 Å². The monoisotopic (exact) mass is 295 g/mol. The van der Waals surface area contributed by atoms with Gasteiger partial charge in [-0.25, -0.2) is 10.8 Å². The number of hydrazine groups is 1. The number of nitrogen functional groups attached to an aromatic ring is 1. The summed E-state index contributed by atoms with van der Waals surface area (Å²) < 4.78 is 4.95. The lowest BCUT2D eigenvalue weighted by Crippen LogP contribution is -2.29. The van der Waals surface area contributed by atoms with E-state index in [4.69, 9.17) is 16.3 Å². The zero-order valence-corrected chi connectivity index (χ0v) is 12.2. The minimum absolute atomic E-state index is 0.163. The van der Waals surface area contributed by atoms with Crippen molar-refractivity contribution in [3.8, 4) is 0 Å². The second-order valence-electron chi connectivity index (χ2n) is 4.74. The molecule has 116 valence electrons. The summed E-state index contributed by atoms with van der Waals surface area (Å²) in [5.41, 5.74) is 8.58. The molecule has 1 rings (SSSR count). The molecule has 6 N–H and O–H groups in total. The molecule has 8 nitrogen and oxygen atoms in total. The van der Waals surface area contributed by atoms with E-state index >= 15 is 0 Å². The number of nitrogens with zero attached hydrogens (tertiary/aromatic N) is 1. The van der Waals surface area contributed by atoms with Gasteiger partial charge in [0.15, 0.2) is 0 Å². The predicted octanol–water partition coefficient (Wildman–Crippen LogP) is -0.278. The van der Waals surface area contributed by atoms with E-state index in [0.717, 1.165) is 5.69 Å². The highest BCUT2D eigenvalue weighted by Crippen LogP contribution is 2.17. The number of nitrogens with two attached hydrogens (primary N) is 2. The van der Waals surface area contributed by atoms with Gasteiger partial charge in [-0.15, -0.1) is 0 Å². The number of aromatic nitrogens is 1. The Balaban J connectivity index is 2.60. The molecule has 0 aliphatic heterocycles. The van der Waals surface area contributed by atoms with Gasteiger partial charge >= 0.3 is 0 Å². The van der Waals surface area contributed by atoms with Gasteiger partial charge in [-0.1, -0.05) is 13.8 Å². The molecule has 0 atom stereocenters. The summed E-state index contributed by atoms with van der Waals surface area (Å²) in [4.78, 5) is 26.8. The van der Waals surface area contributed by atoms with Crippen LogP contribution in [0.15, 0.2) is 12.1 Å². The Labute approximate surface area is 123 Å². The van der Waals surface area contributed by atoms with Crippen LogP contribution in [0.1, 0.15) is 35.8 Å². The zero-order chi connectivity index (χ0) is 15.8. The standard InChI is InChI=1S/C13H21N5O3/c1-8(2)10-5-9(6-12(17-10)18-15)13(20)16-3-4-21-7-11(14)19/h5-6,8H,3-4,7,15H2,1-2H3,(H2,14,19)(H,16,20)(H,17,18). The quantitative estimate of drug-likeness (QED) is 0.296. The van der Waals surface area contributed by atoms with E-state index in [9.17, 15) is 9.59 Å². The number of ether oxygens (including phenoxy) is 1. The van der Waals surface area contributed by atoms with Crippen LogP contribution < -0.4 is 22.3 Å². The van der Waals surface area contributed by atoms with E-state index in [1.54, 1.807) is 12.1 Å². The van der Waals surface area contributed by atoms with Crippen molar-refractivity contribution in [2.24, 2.45) is 11.6 Å². The third kappa shape index (κ3) is 5.76. The maximum atomic E-state index is 12.0. The van der Waals surface area contributed by atoms with Crippen LogP contribution in [0.3, 0.4) is 0 Å². The molecule has 0 saturated carbocycles. The fraction of sp³-hybridized carbons (Fsp3) is 0.462. The van der Waals surface area contributed by atoms with Crippen LogP contribution >= 0.6 is 0 Å². The van der Waals surface area contributed by atoms with E-state index in [0.29, 0.717) is 11.4 Å². The normalized spacial score (nSPS) is 10.5. The highest BCUT2D eigenvalue weighted by molar-refractivity contribution is 5.95. The van der Waals surface area contributed by atoms with Gasteiger partial charge in [0.05, 0.1) is 6.61 Å². The molecule has 0 radical (unpaired) electrons. The molecular weight excluding hydrogens is 274 g/mol. The number of pyridine rings is 1. The smallest absolute Gasteiger partial charge is 0.251 e. The lowest BCUT2D eigenvalue weighted by Gasteiger charge is -2.11. The van der Waals surface area contributed by atoms with Crippen molar-refractivity contribution in [2.45, 2.75) is 19.8 Å². The number of carbonyl (C=O) groups is 2. The van der Waals surface area contributed by atoms with Gasteiger partial charge in [0.25, 0.3) is 5.91 Å². The first kappa shape index (κ1) is 16.9. The Morgan fingerprint density at radius 2 is 2.10 bits per heavy atom. The van der Waals surface area contributed by atoms with Crippen molar-refractivity contribution in [2.75, 3.05) is 25.2 Å². The van der Waals surface area contributed by atoms with Crippen LogP contribution in [0.4, 0.5) is 5.82 Å². The first-order valence-corrected chi connectivity index (χ1v) is 6.57. The van der Waals surface area contributed by atoms with E-state index in [-0.39, 0.29) is 31.6 Å². The van der Waals surface area contributed by atoms with Gasteiger partial charge in [0, 0.05) is 17.8 Å².